The molecule has 2 heterocycles. The number of rotatable bonds is 5. The monoisotopic (exact) mass is 419 g/mol. The van der Waals surface area contributed by atoms with Crippen molar-refractivity contribution in [2.75, 3.05) is 30.1 Å². The summed E-state index contributed by atoms with van der Waals surface area (Å²) in [6.07, 6.45) is 9.83. The van der Waals surface area contributed by atoms with Gasteiger partial charge < -0.3 is 19.7 Å². The molecule has 0 aliphatic carbocycles. The maximum absolute atomic E-state index is 14.7. The van der Waals surface area contributed by atoms with Crippen LogP contribution in [0.2, 0.25) is 0 Å². The molecule has 0 saturated carbocycles. The molecule has 158 valence electrons. The summed E-state index contributed by atoms with van der Waals surface area (Å²) in [5, 5.41) is 2.79. The number of anilines is 3. The Labute approximate surface area is 180 Å². The zero-order valence-electron chi connectivity index (χ0n) is 16.9. The number of halogens is 1. The van der Waals surface area contributed by atoms with Crippen molar-refractivity contribution < 1.29 is 18.7 Å². The SMILES string of the molecule is C#Cc1ccc(F)c(N2CN=Cc3cc(NC(=O)C=C)c(OC4CCOCC4)cc32)c1. The summed E-state index contributed by atoms with van der Waals surface area (Å²) in [7, 11) is 0. The minimum atomic E-state index is -0.405. The predicted molar refractivity (Wildman–Crippen MR) is 119 cm³/mol. The second-order valence-electron chi connectivity index (χ2n) is 7.22. The number of benzene rings is 2. The van der Waals surface area contributed by atoms with E-state index in [1.54, 1.807) is 35.4 Å². The van der Waals surface area contributed by atoms with Crippen LogP contribution in [0.4, 0.5) is 21.5 Å². The van der Waals surface area contributed by atoms with Crippen LogP contribution in [-0.2, 0) is 9.53 Å². The van der Waals surface area contributed by atoms with Crippen molar-refractivity contribution in [1.82, 2.24) is 0 Å². The van der Waals surface area contributed by atoms with E-state index in [0.29, 0.717) is 41.6 Å². The number of terminal acetylenes is 1. The fourth-order valence-electron chi connectivity index (χ4n) is 3.59. The van der Waals surface area contributed by atoms with Crippen LogP contribution in [0.3, 0.4) is 0 Å². The largest absolute Gasteiger partial charge is 0.488 e. The summed E-state index contributed by atoms with van der Waals surface area (Å²) >= 11 is 0. The van der Waals surface area contributed by atoms with E-state index in [-0.39, 0.29) is 18.7 Å². The van der Waals surface area contributed by atoms with Crippen molar-refractivity contribution in [3.63, 3.8) is 0 Å². The number of nitrogens with zero attached hydrogens (tertiary/aromatic N) is 2. The van der Waals surface area contributed by atoms with Crippen molar-refractivity contribution in [1.29, 1.82) is 0 Å². The van der Waals surface area contributed by atoms with Crippen LogP contribution in [0.15, 0.2) is 48.0 Å². The van der Waals surface area contributed by atoms with Crippen LogP contribution < -0.4 is 15.0 Å². The molecule has 6 nitrogen and oxygen atoms in total. The normalized spacial score (nSPS) is 15.7. The van der Waals surface area contributed by atoms with E-state index in [0.717, 1.165) is 18.4 Å². The lowest BCUT2D eigenvalue weighted by Crippen LogP contribution is -2.27. The first-order valence-electron chi connectivity index (χ1n) is 9.98. The van der Waals surface area contributed by atoms with Gasteiger partial charge >= 0.3 is 0 Å². The van der Waals surface area contributed by atoms with Crippen molar-refractivity contribution in [2.24, 2.45) is 4.99 Å². The number of amides is 1. The summed E-state index contributed by atoms with van der Waals surface area (Å²) < 4.78 is 26.3. The lowest BCUT2D eigenvalue weighted by molar-refractivity contribution is -0.111. The van der Waals surface area contributed by atoms with E-state index >= 15 is 0 Å². The minimum Gasteiger partial charge on any atom is -0.488 e. The predicted octanol–water partition coefficient (Wildman–Crippen LogP) is 4.02. The maximum atomic E-state index is 14.7. The van der Waals surface area contributed by atoms with Gasteiger partial charge in [0.05, 0.1) is 30.3 Å². The van der Waals surface area contributed by atoms with Crippen LogP contribution in [-0.4, -0.2) is 38.1 Å². The van der Waals surface area contributed by atoms with Crippen LogP contribution in [0.25, 0.3) is 0 Å². The molecule has 0 bridgehead atoms. The molecular weight excluding hydrogens is 397 g/mol. The highest BCUT2D eigenvalue weighted by Gasteiger charge is 2.24. The van der Waals surface area contributed by atoms with Crippen molar-refractivity contribution >= 4 is 29.2 Å². The Morgan fingerprint density at radius 3 is 2.87 bits per heavy atom. The molecule has 2 aliphatic rings. The lowest BCUT2D eigenvalue weighted by Gasteiger charge is -2.30. The Kier molecular flexibility index (Phi) is 6.01. The number of hydrogen-bond acceptors (Lipinski definition) is 5. The molecule has 1 amide bonds. The Morgan fingerprint density at radius 1 is 1.32 bits per heavy atom. The molecule has 2 aromatic carbocycles. The fourth-order valence-corrected chi connectivity index (χ4v) is 3.59. The average Bonchev–Trinajstić information content (AvgIpc) is 2.80. The third-order valence-corrected chi connectivity index (χ3v) is 5.18. The topological polar surface area (TPSA) is 63.2 Å². The number of nitrogens with one attached hydrogen (secondary N) is 1. The molecule has 2 aromatic rings. The van der Waals surface area contributed by atoms with Crippen molar-refractivity contribution in [3.8, 4) is 18.1 Å². The van der Waals surface area contributed by atoms with Gasteiger partial charge in [-0.25, -0.2) is 4.39 Å². The molecule has 0 atom stereocenters. The highest BCUT2D eigenvalue weighted by molar-refractivity contribution is 6.02. The molecule has 4 rings (SSSR count). The van der Waals surface area contributed by atoms with Gasteiger partial charge in [-0.05, 0) is 30.3 Å². The summed E-state index contributed by atoms with van der Waals surface area (Å²) in [4.78, 5) is 18.1. The first-order valence-corrected chi connectivity index (χ1v) is 9.98. The lowest BCUT2D eigenvalue weighted by atomic mass is 10.1. The molecule has 0 aromatic heterocycles. The van der Waals surface area contributed by atoms with E-state index in [1.807, 2.05) is 0 Å². The van der Waals surface area contributed by atoms with Gasteiger partial charge in [0.15, 0.2) is 0 Å². The molecule has 1 N–H and O–H groups in total. The average molecular weight is 419 g/mol. The number of fused-ring (bicyclic) bond motifs is 1. The van der Waals surface area contributed by atoms with Gasteiger partial charge in [0, 0.05) is 36.2 Å². The molecule has 2 aliphatic heterocycles. The summed E-state index contributed by atoms with van der Waals surface area (Å²) in [6.45, 7) is 4.97. The Bertz CT molecular complexity index is 1080. The van der Waals surface area contributed by atoms with E-state index in [9.17, 15) is 9.18 Å². The van der Waals surface area contributed by atoms with Gasteiger partial charge in [0.25, 0.3) is 0 Å². The first kappa shape index (κ1) is 20.6. The number of carbonyl (C=O) groups excluding carboxylic acids is 1. The maximum Gasteiger partial charge on any atom is 0.247 e. The Balaban J connectivity index is 1.77. The van der Waals surface area contributed by atoms with Crippen LogP contribution in [0.1, 0.15) is 24.0 Å². The quantitative estimate of drug-likeness (QED) is 0.587. The first-order chi connectivity index (χ1) is 15.1. The number of aliphatic imine (C=N–C) groups is 1. The molecule has 0 radical (unpaired) electrons. The summed E-state index contributed by atoms with van der Waals surface area (Å²) in [5.41, 5.74) is 2.83. The zero-order chi connectivity index (χ0) is 21.8. The second-order valence-corrected chi connectivity index (χ2v) is 7.22. The van der Waals surface area contributed by atoms with Crippen molar-refractivity contribution in [3.05, 3.63) is 59.9 Å². The molecule has 0 unspecified atom stereocenters. The highest BCUT2D eigenvalue weighted by atomic mass is 19.1. The van der Waals surface area contributed by atoms with Crippen LogP contribution in [0.5, 0.6) is 5.75 Å². The van der Waals surface area contributed by atoms with Gasteiger partial charge in [-0.2, -0.15) is 0 Å². The van der Waals surface area contributed by atoms with E-state index in [4.69, 9.17) is 15.9 Å². The molecular formula is C24H22FN3O3. The molecule has 1 saturated heterocycles. The summed E-state index contributed by atoms with van der Waals surface area (Å²) in [5.74, 6) is 2.27. The van der Waals surface area contributed by atoms with E-state index in [1.165, 1.54) is 12.1 Å². The van der Waals surface area contributed by atoms with E-state index < -0.39 is 5.82 Å². The molecule has 7 heteroatoms. The van der Waals surface area contributed by atoms with Gasteiger partial charge in [-0.3, -0.25) is 9.79 Å². The van der Waals surface area contributed by atoms with Gasteiger partial charge in [0.1, 0.15) is 24.3 Å². The Morgan fingerprint density at radius 2 is 2.13 bits per heavy atom. The van der Waals surface area contributed by atoms with Gasteiger partial charge in [0.2, 0.25) is 5.91 Å². The standard InChI is InChI=1S/C24H22FN3O3/c1-3-16-5-6-19(25)22(11-16)28-15-26-14-17-12-20(27-24(29)4-2)23(13-21(17)28)31-18-7-9-30-10-8-18/h1,4-6,11-14,18H,2,7-10,15H2,(H,27,29). The van der Waals surface area contributed by atoms with E-state index in [2.05, 4.69) is 22.8 Å². The third kappa shape index (κ3) is 4.44. The third-order valence-electron chi connectivity index (χ3n) is 5.18. The van der Waals surface area contributed by atoms with Gasteiger partial charge in [-0.15, -0.1) is 6.42 Å². The molecule has 1 fully saturated rings. The summed E-state index contributed by atoms with van der Waals surface area (Å²) in [6, 6.07) is 8.09. The fraction of sp³-hybridized carbons (Fsp3) is 0.250. The Hall–Kier alpha value is -3.63. The number of carbonyl (C=O) groups is 1. The molecule has 31 heavy (non-hydrogen) atoms. The number of hydrogen-bond donors (Lipinski definition) is 1. The number of ether oxygens (including phenoxy) is 2. The smallest absolute Gasteiger partial charge is 0.247 e. The van der Waals surface area contributed by atoms with Crippen LogP contribution in [0, 0.1) is 18.2 Å². The second kappa shape index (κ2) is 9.02. The zero-order valence-corrected chi connectivity index (χ0v) is 16.9. The highest BCUT2D eigenvalue weighted by Crippen LogP contribution is 2.39. The van der Waals surface area contributed by atoms with Crippen LogP contribution >= 0.6 is 0 Å². The minimum absolute atomic E-state index is 0.0432. The van der Waals surface area contributed by atoms with Crippen molar-refractivity contribution in [2.45, 2.75) is 18.9 Å². The van der Waals surface area contributed by atoms with Gasteiger partial charge in [-0.1, -0.05) is 12.5 Å². The molecule has 0 spiro atoms.